The van der Waals surface area contributed by atoms with Gasteiger partial charge in [-0.1, -0.05) is 12.1 Å². The van der Waals surface area contributed by atoms with E-state index in [1.807, 2.05) is 37.6 Å². The number of likely N-dealkylation sites (tertiary alicyclic amines) is 1. The molecule has 0 spiro atoms. The zero-order valence-electron chi connectivity index (χ0n) is 13.5. The van der Waals surface area contributed by atoms with Crippen LogP contribution in [0.5, 0.6) is 11.5 Å². The molecule has 7 nitrogen and oxygen atoms in total. The van der Waals surface area contributed by atoms with Crippen molar-refractivity contribution in [1.29, 1.82) is 0 Å². The lowest BCUT2D eigenvalue weighted by atomic mass is 9.90. The first-order valence-corrected chi connectivity index (χ1v) is 7.99. The largest absolute Gasteiger partial charge is 0.454 e. The minimum absolute atomic E-state index is 0.0742. The smallest absolute Gasteiger partial charge is 0.231 e. The molecule has 2 atom stereocenters. The van der Waals surface area contributed by atoms with Crippen molar-refractivity contribution >= 4 is 5.91 Å². The fourth-order valence-electron chi connectivity index (χ4n) is 3.63. The number of nitrogens with two attached hydrogens (primary N) is 1. The minimum atomic E-state index is -0.260. The number of amides is 1. The van der Waals surface area contributed by atoms with Crippen molar-refractivity contribution in [3.63, 3.8) is 0 Å². The fraction of sp³-hybridized carbons (Fsp3) is 0.412. The van der Waals surface area contributed by atoms with Gasteiger partial charge in [-0.25, -0.2) is 0 Å². The SMILES string of the molecule is Cn1cc([C@H]2CN(Cc3cccc4c3OCO4)C[C@@H]2C(N)=O)cn1. The quantitative estimate of drug-likeness (QED) is 0.900. The molecule has 2 aliphatic rings. The van der Waals surface area contributed by atoms with Crippen LogP contribution < -0.4 is 15.2 Å². The molecule has 0 aliphatic carbocycles. The molecule has 7 heteroatoms. The minimum Gasteiger partial charge on any atom is -0.454 e. The van der Waals surface area contributed by atoms with Gasteiger partial charge in [-0.3, -0.25) is 14.4 Å². The highest BCUT2D eigenvalue weighted by Gasteiger charge is 2.38. The Balaban J connectivity index is 1.55. The molecule has 1 saturated heterocycles. The third kappa shape index (κ3) is 2.60. The zero-order chi connectivity index (χ0) is 16.7. The Labute approximate surface area is 139 Å². The molecule has 3 heterocycles. The molecule has 4 rings (SSSR count). The highest BCUT2D eigenvalue weighted by Crippen LogP contribution is 2.38. The molecule has 2 aromatic rings. The number of aryl methyl sites for hydroxylation is 1. The van der Waals surface area contributed by atoms with Crippen molar-refractivity contribution in [2.45, 2.75) is 12.5 Å². The lowest BCUT2D eigenvalue weighted by molar-refractivity contribution is -0.121. The first-order chi connectivity index (χ1) is 11.6. The second kappa shape index (κ2) is 5.83. The van der Waals surface area contributed by atoms with Crippen molar-refractivity contribution in [1.82, 2.24) is 14.7 Å². The number of hydrogen-bond acceptors (Lipinski definition) is 5. The topological polar surface area (TPSA) is 82.6 Å². The lowest BCUT2D eigenvalue weighted by Crippen LogP contribution is -2.29. The molecular formula is C17H20N4O3. The molecule has 2 N–H and O–H groups in total. The third-order valence-corrected chi connectivity index (χ3v) is 4.79. The van der Waals surface area contributed by atoms with Gasteiger partial charge in [0, 0.05) is 44.4 Å². The van der Waals surface area contributed by atoms with Gasteiger partial charge >= 0.3 is 0 Å². The molecule has 0 saturated carbocycles. The summed E-state index contributed by atoms with van der Waals surface area (Å²) in [4.78, 5) is 14.1. The molecule has 2 aliphatic heterocycles. The summed E-state index contributed by atoms with van der Waals surface area (Å²) >= 11 is 0. The number of benzene rings is 1. The molecule has 126 valence electrons. The molecule has 24 heavy (non-hydrogen) atoms. The summed E-state index contributed by atoms with van der Waals surface area (Å²) in [5.74, 6) is 1.19. The van der Waals surface area contributed by atoms with E-state index in [2.05, 4.69) is 10.00 Å². The molecule has 0 bridgehead atoms. The van der Waals surface area contributed by atoms with Gasteiger partial charge in [0.05, 0.1) is 12.1 Å². The molecule has 1 amide bonds. The molecular weight excluding hydrogens is 308 g/mol. The van der Waals surface area contributed by atoms with Crippen LogP contribution in [0.1, 0.15) is 17.0 Å². The maximum Gasteiger partial charge on any atom is 0.231 e. The van der Waals surface area contributed by atoms with Crippen molar-refractivity contribution in [3.05, 3.63) is 41.7 Å². The monoisotopic (exact) mass is 328 g/mol. The van der Waals surface area contributed by atoms with Gasteiger partial charge in [-0.15, -0.1) is 0 Å². The van der Waals surface area contributed by atoms with Gasteiger partial charge in [0.1, 0.15) is 0 Å². The van der Waals surface area contributed by atoms with E-state index in [9.17, 15) is 4.79 Å². The van der Waals surface area contributed by atoms with Crippen LogP contribution in [-0.4, -0.2) is 40.5 Å². The third-order valence-electron chi connectivity index (χ3n) is 4.79. The highest BCUT2D eigenvalue weighted by molar-refractivity contribution is 5.78. The summed E-state index contributed by atoms with van der Waals surface area (Å²) in [6, 6.07) is 5.90. The Bertz CT molecular complexity index is 773. The first-order valence-electron chi connectivity index (χ1n) is 7.99. The van der Waals surface area contributed by atoms with E-state index in [-0.39, 0.29) is 24.5 Å². The molecule has 0 radical (unpaired) electrons. The van der Waals surface area contributed by atoms with E-state index in [0.29, 0.717) is 13.1 Å². The number of carbonyl (C=O) groups excluding carboxylic acids is 1. The van der Waals surface area contributed by atoms with Crippen LogP contribution in [0.2, 0.25) is 0 Å². The Kier molecular flexibility index (Phi) is 3.65. The number of primary amides is 1. The fourth-order valence-corrected chi connectivity index (χ4v) is 3.63. The van der Waals surface area contributed by atoms with Crippen LogP contribution in [-0.2, 0) is 18.4 Å². The Morgan fingerprint density at radius 3 is 3.00 bits per heavy atom. The van der Waals surface area contributed by atoms with Crippen LogP contribution in [0.25, 0.3) is 0 Å². The molecule has 0 unspecified atom stereocenters. The zero-order valence-corrected chi connectivity index (χ0v) is 13.5. The number of ether oxygens (including phenoxy) is 2. The summed E-state index contributed by atoms with van der Waals surface area (Å²) in [5.41, 5.74) is 7.77. The van der Waals surface area contributed by atoms with E-state index in [4.69, 9.17) is 15.2 Å². The summed E-state index contributed by atoms with van der Waals surface area (Å²) in [7, 11) is 1.88. The average Bonchev–Trinajstić information content (AvgIpc) is 3.25. The van der Waals surface area contributed by atoms with Gasteiger partial charge in [0.25, 0.3) is 0 Å². The standard InChI is InChI=1S/C17H20N4O3/c1-20-6-12(5-19-20)13-8-21(9-14(13)17(18)22)7-11-3-2-4-15-16(11)24-10-23-15/h2-6,13-14H,7-10H2,1H3,(H2,18,22)/t13-,14+/m1/s1. The van der Waals surface area contributed by atoms with E-state index in [1.54, 1.807) is 4.68 Å². The van der Waals surface area contributed by atoms with Gasteiger partial charge in [0.2, 0.25) is 12.7 Å². The van der Waals surface area contributed by atoms with Crippen LogP contribution in [0.4, 0.5) is 0 Å². The van der Waals surface area contributed by atoms with E-state index >= 15 is 0 Å². The van der Waals surface area contributed by atoms with E-state index in [1.165, 1.54) is 0 Å². The highest BCUT2D eigenvalue weighted by atomic mass is 16.7. The number of hydrogen-bond donors (Lipinski definition) is 1. The summed E-state index contributed by atoms with van der Waals surface area (Å²) in [6.45, 7) is 2.37. The Morgan fingerprint density at radius 2 is 2.25 bits per heavy atom. The van der Waals surface area contributed by atoms with Crippen LogP contribution in [0.3, 0.4) is 0 Å². The maximum absolute atomic E-state index is 11.9. The predicted octanol–water partition coefficient (Wildman–Crippen LogP) is 0.850. The van der Waals surface area contributed by atoms with E-state index in [0.717, 1.165) is 29.2 Å². The van der Waals surface area contributed by atoms with Crippen molar-refractivity contribution in [2.24, 2.45) is 18.7 Å². The van der Waals surface area contributed by atoms with Gasteiger partial charge in [-0.2, -0.15) is 5.10 Å². The Hall–Kier alpha value is -2.54. The van der Waals surface area contributed by atoms with Gasteiger partial charge in [-0.05, 0) is 11.6 Å². The van der Waals surface area contributed by atoms with Crippen LogP contribution in [0.15, 0.2) is 30.6 Å². The maximum atomic E-state index is 11.9. The Morgan fingerprint density at radius 1 is 1.38 bits per heavy atom. The number of carbonyl (C=O) groups is 1. The van der Waals surface area contributed by atoms with Crippen molar-refractivity contribution < 1.29 is 14.3 Å². The second-order valence-corrected chi connectivity index (χ2v) is 6.41. The predicted molar refractivity (Wildman–Crippen MR) is 86.5 cm³/mol. The number of fused-ring (bicyclic) bond motifs is 1. The van der Waals surface area contributed by atoms with Crippen LogP contribution >= 0.6 is 0 Å². The number of nitrogens with zero attached hydrogens (tertiary/aromatic N) is 3. The van der Waals surface area contributed by atoms with Crippen molar-refractivity contribution in [2.75, 3.05) is 19.9 Å². The lowest BCUT2D eigenvalue weighted by Gasteiger charge is -2.16. The summed E-state index contributed by atoms with van der Waals surface area (Å²) in [6.07, 6.45) is 3.78. The van der Waals surface area contributed by atoms with Gasteiger partial charge in [0.15, 0.2) is 11.5 Å². The normalized spacial score (nSPS) is 22.9. The number of rotatable bonds is 4. The molecule has 1 aromatic heterocycles. The number of para-hydroxylation sites is 1. The molecule has 1 aromatic carbocycles. The van der Waals surface area contributed by atoms with Crippen LogP contribution in [0, 0.1) is 5.92 Å². The van der Waals surface area contributed by atoms with E-state index < -0.39 is 0 Å². The summed E-state index contributed by atoms with van der Waals surface area (Å²) < 4.78 is 12.8. The number of aromatic nitrogens is 2. The van der Waals surface area contributed by atoms with Gasteiger partial charge < -0.3 is 15.2 Å². The van der Waals surface area contributed by atoms with Crippen molar-refractivity contribution in [3.8, 4) is 11.5 Å². The first kappa shape index (κ1) is 15.0. The summed E-state index contributed by atoms with van der Waals surface area (Å²) in [5, 5.41) is 4.22. The second-order valence-electron chi connectivity index (χ2n) is 6.41. The average molecular weight is 328 g/mol. The molecule has 1 fully saturated rings.